The van der Waals surface area contributed by atoms with Gasteiger partial charge >= 0.3 is 0 Å². The van der Waals surface area contributed by atoms with Crippen LogP contribution in [0.15, 0.2) is 24.3 Å². The first-order chi connectivity index (χ1) is 7.49. The molecule has 0 heterocycles. The molecule has 0 fully saturated rings. The third kappa shape index (κ3) is 4.53. The fraction of sp³-hybridized carbons (Fsp3) is 0.571. The van der Waals surface area contributed by atoms with Gasteiger partial charge in [-0.2, -0.15) is 0 Å². The Hall–Kier alpha value is -0.550. The molecule has 0 saturated heterocycles. The predicted octanol–water partition coefficient (Wildman–Crippen LogP) is 3.81. The second kappa shape index (κ2) is 6.25. The maximum absolute atomic E-state index is 9.31. The van der Waals surface area contributed by atoms with E-state index in [-0.39, 0.29) is 7.92 Å². The van der Waals surface area contributed by atoms with E-state index in [0.717, 1.165) is 11.8 Å². The van der Waals surface area contributed by atoms with E-state index in [1.807, 2.05) is 12.1 Å². The number of aromatic hydroxyl groups is 1. The number of hydrogen-bond acceptors (Lipinski definition) is 1. The van der Waals surface area contributed by atoms with Gasteiger partial charge in [-0.15, -0.1) is 0 Å². The Balaban J connectivity index is 2.78. The van der Waals surface area contributed by atoms with Gasteiger partial charge in [0.2, 0.25) is 0 Å². The normalized spacial score (nSPS) is 11.7. The predicted molar refractivity (Wildman–Crippen MR) is 74.1 cm³/mol. The van der Waals surface area contributed by atoms with E-state index in [0.29, 0.717) is 5.75 Å². The highest BCUT2D eigenvalue weighted by Gasteiger charge is 2.14. The van der Waals surface area contributed by atoms with Crippen LogP contribution in [0.1, 0.15) is 27.7 Å². The van der Waals surface area contributed by atoms with Crippen molar-refractivity contribution in [3.05, 3.63) is 24.3 Å². The minimum Gasteiger partial charge on any atom is -0.508 e. The molecular formula is C14H23OP. The van der Waals surface area contributed by atoms with Crippen LogP contribution in [0.2, 0.25) is 0 Å². The van der Waals surface area contributed by atoms with Crippen LogP contribution in [0.25, 0.3) is 0 Å². The maximum atomic E-state index is 9.31. The van der Waals surface area contributed by atoms with Crippen molar-refractivity contribution in [1.82, 2.24) is 0 Å². The number of hydrogen-bond donors (Lipinski definition) is 1. The molecule has 0 spiro atoms. The zero-order chi connectivity index (χ0) is 12.1. The molecule has 0 aliphatic rings. The Bertz CT molecular complexity index is 293. The van der Waals surface area contributed by atoms with E-state index in [1.54, 1.807) is 0 Å². The van der Waals surface area contributed by atoms with Crippen LogP contribution in [-0.2, 0) is 0 Å². The minimum atomic E-state index is -0.0582. The molecule has 0 unspecified atom stereocenters. The summed E-state index contributed by atoms with van der Waals surface area (Å²) in [5, 5.41) is 10.7. The van der Waals surface area contributed by atoms with Gasteiger partial charge < -0.3 is 5.11 Å². The van der Waals surface area contributed by atoms with Crippen LogP contribution >= 0.6 is 7.92 Å². The summed E-state index contributed by atoms with van der Waals surface area (Å²) in [6, 6.07) is 7.80. The van der Waals surface area contributed by atoms with Gasteiger partial charge in [0.15, 0.2) is 0 Å². The highest BCUT2D eigenvalue weighted by atomic mass is 31.1. The van der Waals surface area contributed by atoms with Gasteiger partial charge in [-0.05, 0) is 41.6 Å². The monoisotopic (exact) mass is 238 g/mol. The van der Waals surface area contributed by atoms with Crippen LogP contribution in [0.3, 0.4) is 0 Å². The molecule has 0 saturated carbocycles. The van der Waals surface area contributed by atoms with E-state index >= 15 is 0 Å². The standard InChI is InChI=1S/C14H23OP/c1-11(2)9-16(10-12(3)4)14-7-5-13(15)6-8-14/h5-8,11-12,15H,9-10H2,1-4H3. The molecule has 0 aliphatic heterocycles. The van der Waals surface area contributed by atoms with Crippen molar-refractivity contribution in [1.29, 1.82) is 0 Å². The zero-order valence-electron chi connectivity index (χ0n) is 10.8. The van der Waals surface area contributed by atoms with E-state index in [1.165, 1.54) is 17.6 Å². The largest absolute Gasteiger partial charge is 0.508 e. The summed E-state index contributed by atoms with van der Waals surface area (Å²) < 4.78 is 0. The lowest BCUT2D eigenvalue weighted by molar-refractivity contribution is 0.475. The fourth-order valence-electron chi connectivity index (χ4n) is 1.83. The van der Waals surface area contributed by atoms with Crippen LogP contribution in [0.4, 0.5) is 0 Å². The molecule has 1 N–H and O–H groups in total. The second-order valence-electron chi connectivity index (χ2n) is 5.21. The lowest BCUT2D eigenvalue weighted by atomic mass is 10.3. The molecule has 16 heavy (non-hydrogen) atoms. The van der Waals surface area contributed by atoms with E-state index < -0.39 is 0 Å². The first-order valence-electron chi connectivity index (χ1n) is 6.03. The maximum Gasteiger partial charge on any atom is 0.115 e. The van der Waals surface area contributed by atoms with Gasteiger partial charge in [0, 0.05) is 0 Å². The number of phenolic OH excluding ortho intramolecular Hbond substituents is 1. The molecule has 1 rings (SSSR count). The Morgan fingerprint density at radius 1 is 0.938 bits per heavy atom. The number of benzene rings is 1. The molecule has 0 atom stereocenters. The average Bonchev–Trinajstić information content (AvgIpc) is 2.16. The summed E-state index contributed by atoms with van der Waals surface area (Å²) in [6.07, 6.45) is 2.58. The molecular weight excluding hydrogens is 215 g/mol. The molecule has 0 radical (unpaired) electrons. The van der Waals surface area contributed by atoms with Crippen molar-refractivity contribution < 1.29 is 5.11 Å². The van der Waals surface area contributed by atoms with Gasteiger partial charge in [0.05, 0.1) is 0 Å². The topological polar surface area (TPSA) is 20.2 Å². The van der Waals surface area contributed by atoms with Crippen molar-refractivity contribution in [3.8, 4) is 5.75 Å². The smallest absolute Gasteiger partial charge is 0.115 e. The van der Waals surface area contributed by atoms with E-state index in [9.17, 15) is 5.11 Å². The molecule has 2 heteroatoms. The van der Waals surface area contributed by atoms with Crippen molar-refractivity contribution in [2.24, 2.45) is 11.8 Å². The van der Waals surface area contributed by atoms with Crippen LogP contribution < -0.4 is 5.30 Å². The summed E-state index contributed by atoms with van der Waals surface area (Å²) in [5.74, 6) is 1.87. The minimum absolute atomic E-state index is 0.0582. The van der Waals surface area contributed by atoms with Crippen LogP contribution in [-0.4, -0.2) is 17.4 Å². The van der Waals surface area contributed by atoms with Crippen molar-refractivity contribution >= 4 is 13.2 Å². The summed E-state index contributed by atoms with van der Waals surface area (Å²) >= 11 is 0. The first kappa shape index (κ1) is 13.5. The van der Waals surface area contributed by atoms with Gasteiger partial charge in [-0.25, -0.2) is 0 Å². The van der Waals surface area contributed by atoms with Gasteiger partial charge in [-0.3, -0.25) is 0 Å². The van der Waals surface area contributed by atoms with E-state index in [2.05, 4.69) is 39.8 Å². The van der Waals surface area contributed by atoms with Crippen molar-refractivity contribution in [2.75, 3.05) is 12.3 Å². The van der Waals surface area contributed by atoms with E-state index in [4.69, 9.17) is 0 Å². The Morgan fingerprint density at radius 3 is 1.75 bits per heavy atom. The molecule has 0 aliphatic carbocycles. The SMILES string of the molecule is CC(C)CP(CC(C)C)c1ccc(O)cc1. The summed E-state index contributed by atoms with van der Waals surface area (Å²) in [7, 11) is -0.0582. The molecule has 1 aromatic carbocycles. The van der Waals surface area contributed by atoms with Gasteiger partial charge in [0.25, 0.3) is 0 Å². The molecule has 0 bridgehead atoms. The zero-order valence-corrected chi connectivity index (χ0v) is 11.7. The first-order valence-corrected chi connectivity index (χ1v) is 7.74. The molecule has 1 nitrogen and oxygen atoms in total. The van der Waals surface area contributed by atoms with Gasteiger partial charge in [-0.1, -0.05) is 47.7 Å². The third-order valence-electron chi connectivity index (χ3n) is 2.39. The van der Waals surface area contributed by atoms with Crippen molar-refractivity contribution in [3.63, 3.8) is 0 Å². The van der Waals surface area contributed by atoms with Crippen LogP contribution in [0.5, 0.6) is 5.75 Å². The lowest BCUT2D eigenvalue weighted by Crippen LogP contribution is -2.12. The summed E-state index contributed by atoms with van der Waals surface area (Å²) in [6.45, 7) is 9.15. The molecule has 90 valence electrons. The second-order valence-corrected chi connectivity index (χ2v) is 7.54. The Kier molecular flexibility index (Phi) is 5.28. The molecule has 0 amide bonds. The Morgan fingerprint density at radius 2 is 1.38 bits per heavy atom. The third-order valence-corrected chi connectivity index (χ3v) is 5.76. The highest BCUT2D eigenvalue weighted by Crippen LogP contribution is 2.38. The van der Waals surface area contributed by atoms with Crippen molar-refractivity contribution in [2.45, 2.75) is 27.7 Å². The quantitative estimate of drug-likeness (QED) is 0.773. The Labute approximate surface area is 101 Å². The average molecular weight is 238 g/mol. The highest BCUT2D eigenvalue weighted by molar-refractivity contribution is 7.65. The molecule has 0 aromatic heterocycles. The lowest BCUT2D eigenvalue weighted by Gasteiger charge is -2.22. The summed E-state index contributed by atoms with van der Waals surface area (Å²) in [5.41, 5.74) is 0. The van der Waals surface area contributed by atoms with Crippen LogP contribution in [0, 0.1) is 11.8 Å². The van der Waals surface area contributed by atoms with Gasteiger partial charge in [0.1, 0.15) is 5.75 Å². The number of phenols is 1. The number of rotatable bonds is 5. The summed E-state index contributed by atoms with van der Waals surface area (Å²) in [4.78, 5) is 0. The molecule has 1 aromatic rings. The fourth-order valence-corrected chi connectivity index (χ4v) is 4.73.